The van der Waals surface area contributed by atoms with Gasteiger partial charge in [-0.2, -0.15) is 0 Å². The van der Waals surface area contributed by atoms with E-state index in [0.717, 1.165) is 22.9 Å². The van der Waals surface area contributed by atoms with Gasteiger partial charge in [0.05, 0.1) is 5.52 Å². The van der Waals surface area contributed by atoms with Crippen LogP contribution in [0, 0.1) is 12.8 Å². The zero-order chi connectivity index (χ0) is 11.1. The quantitative estimate of drug-likeness (QED) is 0.793. The number of H-pyrrole nitrogens is 1. The van der Waals surface area contributed by atoms with Gasteiger partial charge in [-0.3, -0.25) is 0 Å². The molecular formula is C13H17N3. The highest BCUT2D eigenvalue weighted by Crippen LogP contribution is 2.38. The van der Waals surface area contributed by atoms with Gasteiger partial charge in [0.1, 0.15) is 5.82 Å². The number of imidazole rings is 1. The van der Waals surface area contributed by atoms with Crippen molar-refractivity contribution in [1.29, 1.82) is 0 Å². The molecule has 1 saturated carbocycles. The number of nitrogens with zero attached hydrogens (tertiary/aromatic N) is 2. The Hall–Kier alpha value is -1.38. The Morgan fingerprint density at radius 1 is 1.38 bits per heavy atom. The standard InChI is InChI=1S/C13H17N3/c1-8-6-11-13(14-7-8)16-12(15-11)10-5-3-4-9(10)2/h6-7,9-10H,3-5H2,1-2H3,(H,14,15,16). The van der Waals surface area contributed by atoms with Crippen LogP contribution < -0.4 is 0 Å². The first-order valence-electron chi connectivity index (χ1n) is 6.06. The van der Waals surface area contributed by atoms with Crippen LogP contribution >= 0.6 is 0 Å². The Kier molecular flexibility index (Phi) is 2.20. The van der Waals surface area contributed by atoms with E-state index in [1.54, 1.807) is 0 Å². The lowest BCUT2D eigenvalue weighted by atomic mass is 9.98. The summed E-state index contributed by atoms with van der Waals surface area (Å²) < 4.78 is 0. The van der Waals surface area contributed by atoms with Gasteiger partial charge in [-0.25, -0.2) is 9.97 Å². The SMILES string of the molecule is Cc1cnc2nc(C3CCCC3C)[nH]c2c1. The van der Waals surface area contributed by atoms with Crippen molar-refractivity contribution in [3.05, 3.63) is 23.7 Å². The van der Waals surface area contributed by atoms with Gasteiger partial charge in [-0.15, -0.1) is 0 Å². The first-order valence-corrected chi connectivity index (χ1v) is 6.06. The molecule has 0 amide bonds. The predicted octanol–water partition coefficient (Wildman–Crippen LogP) is 3.17. The van der Waals surface area contributed by atoms with Crippen LogP contribution in [0.1, 0.15) is 43.5 Å². The molecule has 0 bridgehead atoms. The van der Waals surface area contributed by atoms with Gasteiger partial charge in [0, 0.05) is 12.1 Å². The summed E-state index contributed by atoms with van der Waals surface area (Å²) in [6, 6.07) is 2.12. The fourth-order valence-corrected chi connectivity index (χ4v) is 2.75. The molecule has 3 nitrogen and oxygen atoms in total. The van der Waals surface area contributed by atoms with Crippen molar-refractivity contribution in [3.63, 3.8) is 0 Å². The van der Waals surface area contributed by atoms with E-state index in [0.29, 0.717) is 5.92 Å². The van der Waals surface area contributed by atoms with Crippen LogP contribution in [0.25, 0.3) is 11.2 Å². The van der Waals surface area contributed by atoms with Gasteiger partial charge in [0.2, 0.25) is 0 Å². The summed E-state index contributed by atoms with van der Waals surface area (Å²) in [5.41, 5.74) is 3.12. The molecule has 2 heterocycles. The van der Waals surface area contributed by atoms with Crippen molar-refractivity contribution < 1.29 is 0 Å². The van der Waals surface area contributed by atoms with Gasteiger partial charge in [0.25, 0.3) is 0 Å². The van der Waals surface area contributed by atoms with Gasteiger partial charge < -0.3 is 4.98 Å². The number of rotatable bonds is 1. The number of pyridine rings is 1. The maximum atomic E-state index is 4.62. The summed E-state index contributed by atoms with van der Waals surface area (Å²) in [5, 5.41) is 0. The number of nitrogens with one attached hydrogen (secondary N) is 1. The molecule has 3 rings (SSSR count). The molecule has 0 aromatic carbocycles. The molecule has 3 heteroatoms. The van der Waals surface area contributed by atoms with Crippen molar-refractivity contribution >= 4 is 11.2 Å². The highest BCUT2D eigenvalue weighted by atomic mass is 15.0. The van der Waals surface area contributed by atoms with Crippen LogP contribution in [0.15, 0.2) is 12.3 Å². The normalized spacial score (nSPS) is 25.4. The summed E-state index contributed by atoms with van der Waals surface area (Å²) in [6.45, 7) is 4.38. The third-order valence-electron chi connectivity index (χ3n) is 3.71. The Balaban J connectivity index is 2.04. The molecule has 1 fully saturated rings. The summed E-state index contributed by atoms with van der Waals surface area (Å²) in [6.07, 6.45) is 5.80. The fourth-order valence-electron chi connectivity index (χ4n) is 2.75. The van der Waals surface area contributed by atoms with Crippen molar-refractivity contribution in [2.75, 3.05) is 0 Å². The van der Waals surface area contributed by atoms with E-state index in [1.165, 1.54) is 24.8 Å². The summed E-state index contributed by atoms with van der Waals surface area (Å²) in [5.74, 6) is 2.49. The largest absolute Gasteiger partial charge is 0.340 e. The first-order chi connectivity index (χ1) is 7.74. The minimum Gasteiger partial charge on any atom is -0.340 e. The number of aryl methyl sites for hydroxylation is 1. The molecule has 84 valence electrons. The summed E-state index contributed by atoms with van der Waals surface area (Å²) in [7, 11) is 0. The third kappa shape index (κ3) is 1.51. The van der Waals surface area contributed by atoms with Crippen molar-refractivity contribution in [1.82, 2.24) is 15.0 Å². The van der Waals surface area contributed by atoms with E-state index in [2.05, 4.69) is 34.9 Å². The van der Waals surface area contributed by atoms with Gasteiger partial charge >= 0.3 is 0 Å². The average molecular weight is 215 g/mol. The van der Waals surface area contributed by atoms with Crippen molar-refractivity contribution in [3.8, 4) is 0 Å². The zero-order valence-corrected chi connectivity index (χ0v) is 9.83. The molecule has 16 heavy (non-hydrogen) atoms. The van der Waals surface area contributed by atoms with E-state index < -0.39 is 0 Å². The minimum absolute atomic E-state index is 0.606. The lowest BCUT2D eigenvalue weighted by molar-refractivity contribution is 0.514. The van der Waals surface area contributed by atoms with Crippen molar-refractivity contribution in [2.24, 2.45) is 5.92 Å². The molecule has 1 aliphatic rings. The molecular weight excluding hydrogens is 198 g/mol. The van der Waals surface area contributed by atoms with E-state index in [9.17, 15) is 0 Å². The number of fused-ring (bicyclic) bond motifs is 1. The van der Waals surface area contributed by atoms with Crippen LogP contribution in [0.4, 0.5) is 0 Å². The monoisotopic (exact) mass is 215 g/mol. The molecule has 2 unspecified atom stereocenters. The fraction of sp³-hybridized carbons (Fsp3) is 0.538. The van der Waals surface area contributed by atoms with Crippen LogP contribution in [0.2, 0.25) is 0 Å². The minimum atomic E-state index is 0.606. The lowest BCUT2D eigenvalue weighted by Gasteiger charge is -2.11. The smallest absolute Gasteiger partial charge is 0.177 e. The van der Waals surface area contributed by atoms with E-state index in [-0.39, 0.29) is 0 Å². The molecule has 1 aliphatic carbocycles. The maximum absolute atomic E-state index is 4.62. The lowest BCUT2D eigenvalue weighted by Crippen LogP contribution is -2.03. The number of hydrogen-bond donors (Lipinski definition) is 1. The predicted molar refractivity (Wildman–Crippen MR) is 64.4 cm³/mol. The van der Waals surface area contributed by atoms with E-state index >= 15 is 0 Å². The van der Waals surface area contributed by atoms with Crippen LogP contribution in [0.3, 0.4) is 0 Å². The second-order valence-corrected chi connectivity index (χ2v) is 5.02. The van der Waals surface area contributed by atoms with Crippen LogP contribution in [-0.2, 0) is 0 Å². The summed E-state index contributed by atoms with van der Waals surface area (Å²) in [4.78, 5) is 12.4. The molecule has 0 spiro atoms. The maximum Gasteiger partial charge on any atom is 0.177 e. The topological polar surface area (TPSA) is 41.6 Å². The van der Waals surface area contributed by atoms with Crippen molar-refractivity contribution in [2.45, 2.75) is 39.0 Å². The zero-order valence-electron chi connectivity index (χ0n) is 9.83. The van der Waals surface area contributed by atoms with Gasteiger partial charge in [0.15, 0.2) is 5.65 Å². The number of aromatic nitrogens is 3. The highest BCUT2D eigenvalue weighted by Gasteiger charge is 2.27. The summed E-state index contributed by atoms with van der Waals surface area (Å²) >= 11 is 0. The Labute approximate surface area is 95.3 Å². The molecule has 2 atom stereocenters. The third-order valence-corrected chi connectivity index (χ3v) is 3.71. The Bertz CT molecular complexity index is 515. The highest BCUT2D eigenvalue weighted by molar-refractivity contribution is 5.71. The Morgan fingerprint density at radius 3 is 3.00 bits per heavy atom. The number of aromatic amines is 1. The van der Waals surface area contributed by atoms with Gasteiger partial charge in [-0.1, -0.05) is 13.3 Å². The van der Waals surface area contributed by atoms with E-state index in [1.807, 2.05) is 6.20 Å². The van der Waals surface area contributed by atoms with E-state index in [4.69, 9.17) is 0 Å². The van der Waals surface area contributed by atoms with Crippen LogP contribution in [-0.4, -0.2) is 15.0 Å². The second-order valence-electron chi connectivity index (χ2n) is 5.02. The second kappa shape index (κ2) is 3.58. The first kappa shape index (κ1) is 9.82. The molecule has 0 radical (unpaired) electrons. The molecule has 0 saturated heterocycles. The number of hydrogen-bond acceptors (Lipinski definition) is 2. The van der Waals surface area contributed by atoms with Crippen LogP contribution in [0.5, 0.6) is 0 Å². The Morgan fingerprint density at radius 2 is 2.25 bits per heavy atom. The molecule has 2 aromatic rings. The molecule has 1 N–H and O–H groups in total. The molecule has 0 aliphatic heterocycles. The average Bonchev–Trinajstić information content (AvgIpc) is 2.82. The molecule has 2 aromatic heterocycles. The van der Waals surface area contributed by atoms with Gasteiger partial charge in [-0.05, 0) is 37.3 Å².